The molecule has 3 N–H and O–H groups in total. The van der Waals surface area contributed by atoms with Crippen molar-refractivity contribution in [3.05, 3.63) is 28.7 Å². The second-order valence-corrected chi connectivity index (χ2v) is 4.66. The molecule has 1 amide bonds. The lowest BCUT2D eigenvalue weighted by molar-refractivity contribution is -0.117. The molecule has 0 heterocycles. The first-order valence-corrected chi connectivity index (χ1v) is 6.23. The molecule has 1 aromatic carbocycles. The number of benzene rings is 1. The van der Waals surface area contributed by atoms with Crippen LogP contribution in [0.15, 0.2) is 28.7 Å². The van der Waals surface area contributed by atoms with Gasteiger partial charge in [-0.15, -0.1) is 0 Å². The largest absolute Gasteiger partial charge is 0.385 e. The Hall–Kier alpha value is -0.910. The van der Waals surface area contributed by atoms with Gasteiger partial charge in [0.25, 0.3) is 0 Å². The van der Waals surface area contributed by atoms with Gasteiger partial charge < -0.3 is 15.8 Å². The van der Waals surface area contributed by atoms with Gasteiger partial charge >= 0.3 is 0 Å². The lowest BCUT2D eigenvalue weighted by Gasteiger charge is -2.12. The predicted molar refractivity (Wildman–Crippen MR) is 71.9 cm³/mol. The number of methoxy groups -OCH3 is 1. The number of nitrogens with one attached hydrogen (secondary N) is 1. The zero-order chi connectivity index (χ0) is 12.7. The van der Waals surface area contributed by atoms with Crippen molar-refractivity contribution in [3.63, 3.8) is 0 Å². The quantitative estimate of drug-likeness (QED) is 0.791. The van der Waals surface area contributed by atoms with Crippen LogP contribution in [0.4, 0.5) is 5.69 Å². The molecule has 0 fully saturated rings. The molecule has 0 aromatic heterocycles. The summed E-state index contributed by atoms with van der Waals surface area (Å²) >= 11 is 3.34. The van der Waals surface area contributed by atoms with Crippen LogP contribution in [0.3, 0.4) is 0 Å². The number of hydrogen-bond acceptors (Lipinski definition) is 3. The molecule has 1 aromatic rings. The molecule has 0 saturated heterocycles. The van der Waals surface area contributed by atoms with Gasteiger partial charge in [-0.2, -0.15) is 0 Å². The van der Waals surface area contributed by atoms with E-state index in [9.17, 15) is 4.79 Å². The normalized spacial score (nSPS) is 12.2. The minimum Gasteiger partial charge on any atom is -0.385 e. The summed E-state index contributed by atoms with van der Waals surface area (Å²) in [6.45, 7) is 0.623. The number of nitrogens with two attached hydrogens (primary N) is 1. The molecule has 1 unspecified atom stereocenters. The molecular weight excluding hydrogens is 284 g/mol. The molecule has 0 radical (unpaired) electrons. The summed E-state index contributed by atoms with van der Waals surface area (Å²) in [5.74, 6) is -0.167. The van der Waals surface area contributed by atoms with Crippen LogP contribution in [0.2, 0.25) is 0 Å². The number of amides is 1. The average molecular weight is 301 g/mol. The zero-order valence-corrected chi connectivity index (χ0v) is 11.4. The van der Waals surface area contributed by atoms with E-state index in [2.05, 4.69) is 21.2 Å². The molecule has 0 aliphatic heterocycles. The highest BCUT2D eigenvalue weighted by atomic mass is 79.9. The fourth-order valence-electron chi connectivity index (χ4n) is 1.38. The summed E-state index contributed by atoms with van der Waals surface area (Å²) in [6.07, 6.45) is 1.40. The van der Waals surface area contributed by atoms with Crippen molar-refractivity contribution in [3.8, 4) is 0 Å². The molecule has 1 rings (SSSR count). The molecule has 1 atom stereocenters. The Labute approximate surface area is 110 Å². The van der Waals surface area contributed by atoms with Crippen molar-refractivity contribution in [2.75, 3.05) is 19.0 Å². The molecular formula is C12H17BrN2O2. The second-order valence-electron chi connectivity index (χ2n) is 3.74. The van der Waals surface area contributed by atoms with Gasteiger partial charge in [-0.05, 0) is 31.0 Å². The van der Waals surface area contributed by atoms with E-state index >= 15 is 0 Å². The van der Waals surface area contributed by atoms with Gasteiger partial charge in [0.1, 0.15) is 0 Å². The van der Waals surface area contributed by atoms with Gasteiger partial charge in [-0.25, -0.2) is 0 Å². The Balaban J connectivity index is 2.43. The lowest BCUT2D eigenvalue weighted by Crippen LogP contribution is -2.35. The maximum atomic E-state index is 11.7. The van der Waals surface area contributed by atoms with Crippen LogP contribution in [0.25, 0.3) is 0 Å². The number of anilines is 1. The van der Waals surface area contributed by atoms with E-state index in [-0.39, 0.29) is 5.91 Å². The summed E-state index contributed by atoms with van der Waals surface area (Å²) in [4.78, 5) is 11.7. The van der Waals surface area contributed by atoms with Gasteiger partial charge in [-0.3, -0.25) is 4.79 Å². The highest BCUT2D eigenvalue weighted by molar-refractivity contribution is 9.10. The van der Waals surface area contributed by atoms with Crippen molar-refractivity contribution in [1.29, 1.82) is 0 Å². The third-order valence-electron chi connectivity index (χ3n) is 2.29. The van der Waals surface area contributed by atoms with Gasteiger partial charge in [0.2, 0.25) is 5.91 Å². The third kappa shape index (κ3) is 5.30. The van der Waals surface area contributed by atoms with Crippen molar-refractivity contribution >= 4 is 27.5 Å². The van der Waals surface area contributed by atoms with E-state index in [0.29, 0.717) is 13.0 Å². The number of hydrogen-bond donors (Lipinski definition) is 2. The van der Waals surface area contributed by atoms with Crippen LogP contribution in [-0.4, -0.2) is 25.7 Å². The van der Waals surface area contributed by atoms with Crippen molar-refractivity contribution < 1.29 is 9.53 Å². The summed E-state index contributed by atoms with van der Waals surface area (Å²) in [5.41, 5.74) is 6.51. The van der Waals surface area contributed by atoms with Crippen molar-refractivity contribution in [1.82, 2.24) is 0 Å². The molecule has 0 saturated carbocycles. The maximum Gasteiger partial charge on any atom is 0.241 e. The second kappa shape index (κ2) is 7.42. The Kier molecular flexibility index (Phi) is 6.18. The zero-order valence-electron chi connectivity index (χ0n) is 9.78. The highest BCUT2D eigenvalue weighted by Gasteiger charge is 2.12. The van der Waals surface area contributed by atoms with E-state index in [1.54, 1.807) is 7.11 Å². The maximum absolute atomic E-state index is 11.7. The molecule has 0 spiro atoms. The smallest absolute Gasteiger partial charge is 0.241 e. The summed E-state index contributed by atoms with van der Waals surface area (Å²) < 4.78 is 5.83. The van der Waals surface area contributed by atoms with Crippen LogP contribution in [0.5, 0.6) is 0 Å². The van der Waals surface area contributed by atoms with Crippen LogP contribution >= 0.6 is 15.9 Å². The van der Waals surface area contributed by atoms with Gasteiger partial charge in [0.15, 0.2) is 0 Å². The Morgan fingerprint density at radius 3 is 3.00 bits per heavy atom. The van der Waals surface area contributed by atoms with Crippen LogP contribution in [-0.2, 0) is 9.53 Å². The highest BCUT2D eigenvalue weighted by Crippen LogP contribution is 2.15. The van der Waals surface area contributed by atoms with E-state index in [1.807, 2.05) is 24.3 Å². The molecule has 5 heteroatoms. The number of carbonyl (C=O) groups excluding carboxylic acids is 1. The molecule has 17 heavy (non-hydrogen) atoms. The van der Waals surface area contributed by atoms with Crippen molar-refractivity contribution in [2.45, 2.75) is 18.9 Å². The van der Waals surface area contributed by atoms with Crippen LogP contribution in [0, 0.1) is 0 Å². The lowest BCUT2D eigenvalue weighted by atomic mass is 10.1. The molecule has 94 valence electrons. The number of ether oxygens (including phenoxy) is 1. The SMILES string of the molecule is COCCCC(N)C(=O)Nc1cccc(Br)c1. The third-order valence-corrected chi connectivity index (χ3v) is 2.79. The molecule has 4 nitrogen and oxygen atoms in total. The molecule has 0 aliphatic rings. The van der Waals surface area contributed by atoms with Gasteiger partial charge in [0.05, 0.1) is 6.04 Å². The Bertz CT molecular complexity index is 371. The average Bonchev–Trinajstić information content (AvgIpc) is 2.29. The summed E-state index contributed by atoms with van der Waals surface area (Å²) in [7, 11) is 1.63. The Morgan fingerprint density at radius 1 is 1.59 bits per heavy atom. The number of halogens is 1. The Morgan fingerprint density at radius 2 is 2.35 bits per heavy atom. The first kappa shape index (κ1) is 14.2. The van der Waals surface area contributed by atoms with E-state index in [4.69, 9.17) is 10.5 Å². The molecule has 0 aliphatic carbocycles. The fourth-order valence-corrected chi connectivity index (χ4v) is 1.78. The predicted octanol–water partition coefficient (Wildman–Crippen LogP) is 2.14. The van der Waals surface area contributed by atoms with Crippen molar-refractivity contribution in [2.24, 2.45) is 5.73 Å². The minimum absolute atomic E-state index is 0.167. The number of rotatable bonds is 6. The van der Waals surface area contributed by atoms with E-state index < -0.39 is 6.04 Å². The van der Waals surface area contributed by atoms with Gasteiger partial charge in [-0.1, -0.05) is 22.0 Å². The van der Waals surface area contributed by atoms with E-state index in [1.165, 1.54) is 0 Å². The standard InChI is InChI=1S/C12H17BrN2O2/c1-17-7-3-6-11(14)12(16)15-10-5-2-4-9(13)8-10/h2,4-5,8,11H,3,6-7,14H2,1H3,(H,15,16). The first-order chi connectivity index (χ1) is 8.13. The number of carbonyl (C=O) groups is 1. The van der Waals surface area contributed by atoms with Crippen LogP contribution < -0.4 is 11.1 Å². The van der Waals surface area contributed by atoms with Gasteiger partial charge in [0, 0.05) is 23.9 Å². The minimum atomic E-state index is -0.496. The van der Waals surface area contributed by atoms with Crippen LogP contribution in [0.1, 0.15) is 12.8 Å². The first-order valence-electron chi connectivity index (χ1n) is 5.44. The monoisotopic (exact) mass is 300 g/mol. The molecule has 0 bridgehead atoms. The summed E-state index contributed by atoms with van der Waals surface area (Å²) in [6, 6.07) is 6.92. The summed E-state index contributed by atoms with van der Waals surface area (Å²) in [5, 5.41) is 2.77. The van der Waals surface area contributed by atoms with E-state index in [0.717, 1.165) is 16.6 Å². The topological polar surface area (TPSA) is 64.3 Å². The fraction of sp³-hybridized carbons (Fsp3) is 0.417.